The standard InChI is InChI=1S/C19H22O5/c20-16-13-24-19(21)18(23-12-15-9-5-2-6-10-15)17(16)22-11-14-7-3-1-4-8-14/h1-10,16-21H,11-13H2. The average Bonchev–Trinajstić information content (AvgIpc) is 2.63. The van der Waals surface area contributed by atoms with E-state index < -0.39 is 24.6 Å². The summed E-state index contributed by atoms with van der Waals surface area (Å²) in [5.41, 5.74) is 1.97. The largest absolute Gasteiger partial charge is 0.388 e. The van der Waals surface area contributed by atoms with Crippen molar-refractivity contribution in [1.29, 1.82) is 0 Å². The highest BCUT2D eigenvalue weighted by Crippen LogP contribution is 2.22. The highest BCUT2D eigenvalue weighted by Gasteiger charge is 2.40. The normalized spacial score (nSPS) is 27.1. The molecule has 2 N–H and O–H groups in total. The SMILES string of the molecule is OC1COC(O)C(OCc2ccccc2)C1OCc1ccccc1. The molecule has 0 saturated carbocycles. The summed E-state index contributed by atoms with van der Waals surface area (Å²) in [7, 11) is 0. The molecule has 128 valence electrons. The Labute approximate surface area is 141 Å². The molecule has 1 heterocycles. The number of benzene rings is 2. The molecule has 4 atom stereocenters. The molecular formula is C19H22O5. The van der Waals surface area contributed by atoms with Gasteiger partial charge in [-0.05, 0) is 11.1 Å². The third-order valence-electron chi connectivity index (χ3n) is 3.99. The van der Waals surface area contributed by atoms with Gasteiger partial charge in [0.25, 0.3) is 0 Å². The van der Waals surface area contributed by atoms with Crippen LogP contribution in [0.25, 0.3) is 0 Å². The molecule has 1 saturated heterocycles. The van der Waals surface area contributed by atoms with Crippen molar-refractivity contribution < 1.29 is 24.4 Å². The van der Waals surface area contributed by atoms with Gasteiger partial charge in [-0.25, -0.2) is 0 Å². The Kier molecular flexibility index (Phi) is 5.96. The second kappa shape index (κ2) is 8.37. The average molecular weight is 330 g/mol. The van der Waals surface area contributed by atoms with Gasteiger partial charge >= 0.3 is 0 Å². The maximum atomic E-state index is 10.2. The summed E-state index contributed by atoms with van der Waals surface area (Å²) in [6, 6.07) is 19.3. The molecule has 5 heteroatoms. The Balaban J connectivity index is 1.63. The number of hydrogen-bond donors (Lipinski definition) is 2. The van der Waals surface area contributed by atoms with Gasteiger partial charge in [0, 0.05) is 0 Å². The van der Waals surface area contributed by atoms with Gasteiger partial charge in [-0.2, -0.15) is 0 Å². The summed E-state index contributed by atoms with van der Waals surface area (Å²) < 4.78 is 16.8. The van der Waals surface area contributed by atoms with Crippen LogP contribution in [0.1, 0.15) is 11.1 Å². The number of ether oxygens (including phenoxy) is 3. The molecule has 4 unspecified atom stereocenters. The molecule has 0 spiro atoms. The maximum Gasteiger partial charge on any atom is 0.183 e. The Morgan fingerprint density at radius 3 is 1.83 bits per heavy atom. The van der Waals surface area contributed by atoms with Crippen LogP contribution in [-0.4, -0.2) is 41.4 Å². The predicted molar refractivity (Wildman–Crippen MR) is 88.0 cm³/mol. The minimum absolute atomic E-state index is 0.0197. The van der Waals surface area contributed by atoms with Gasteiger partial charge in [-0.1, -0.05) is 60.7 Å². The monoisotopic (exact) mass is 330 g/mol. The van der Waals surface area contributed by atoms with Gasteiger partial charge in [0.05, 0.1) is 19.8 Å². The molecule has 5 nitrogen and oxygen atoms in total. The van der Waals surface area contributed by atoms with E-state index in [0.717, 1.165) is 11.1 Å². The molecule has 1 aliphatic rings. The molecule has 3 rings (SSSR count). The lowest BCUT2D eigenvalue weighted by Crippen LogP contribution is -2.55. The first-order chi connectivity index (χ1) is 11.7. The lowest BCUT2D eigenvalue weighted by Gasteiger charge is -2.38. The molecule has 1 aliphatic heterocycles. The van der Waals surface area contributed by atoms with Crippen LogP contribution < -0.4 is 0 Å². The van der Waals surface area contributed by atoms with E-state index in [1.807, 2.05) is 60.7 Å². The van der Waals surface area contributed by atoms with Crippen molar-refractivity contribution in [3.63, 3.8) is 0 Å². The summed E-state index contributed by atoms with van der Waals surface area (Å²) in [6.45, 7) is 0.663. The van der Waals surface area contributed by atoms with Gasteiger partial charge in [0.15, 0.2) is 6.29 Å². The number of aliphatic hydroxyl groups is 2. The van der Waals surface area contributed by atoms with Crippen LogP contribution in [0, 0.1) is 0 Å². The first-order valence-electron chi connectivity index (χ1n) is 8.03. The van der Waals surface area contributed by atoms with Gasteiger partial charge < -0.3 is 24.4 Å². The summed E-state index contributed by atoms with van der Waals surface area (Å²) in [4.78, 5) is 0. The van der Waals surface area contributed by atoms with Crippen molar-refractivity contribution in [2.75, 3.05) is 6.61 Å². The molecule has 0 aromatic heterocycles. The third kappa shape index (κ3) is 4.41. The molecule has 2 aromatic rings. The zero-order valence-corrected chi connectivity index (χ0v) is 13.3. The summed E-state index contributed by atoms with van der Waals surface area (Å²) in [5, 5.41) is 20.3. The molecule has 0 radical (unpaired) electrons. The van der Waals surface area contributed by atoms with E-state index >= 15 is 0 Å². The summed E-state index contributed by atoms with van der Waals surface area (Å²) in [5.74, 6) is 0. The van der Waals surface area contributed by atoms with Crippen LogP contribution in [-0.2, 0) is 27.4 Å². The van der Waals surface area contributed by atoms with Crippen molar-refractivity contribution in [3.05, 3.63) is 71.8 Å². The Morgan fingerprint density at radius 2 is 1.29 bits per heavy atom. The zero-order chi connectivity index (χ0) is 16.8. The van der Waals surface area contributed by atoms with Crippen LogP contribution in [0.4, 0.5) is 0 Å². The van der Waals surface area contributed by atoms with Gasteiger partial charge in [-0.3, -0.25) is 0 Å². The van der Waals surface area contributed by atoms with Gasteiger partial charge in [0.1, 0.15) is 18.3 Å². The van der Waals surface area contributed by atoms with E-state index in [2.05, 4.69) is 0 Å². The van der Waals surface area contributed by atoms with Gasteiger partial charge in [-0.15, -0.1) is 0 Å². The van der Waals surface area contributed by atoms with Crippen molar-refractivity contribution in [3.8, 4) is 0 Å². The van der Waals surface area contributed by atoms with Crippen LogP contribution in [0.2, 0.25) is 0 Å². The number of rotatable bonds is 6. The fourth-order valence-corrected chi connectivity index (χ4v) is 2.68. The second-order valence-corrected chi connectivity index (χ2v) is 5.81. The summed E-state index contributed by atoms with van der Waals surface area (Å²) >= 11 is 0. The van der Waals surface area contributed by atoms with E-state index in [4.69, 9.17) is 14.2 Å². The fraction of sp³-hybridized carbons (Fsp3) is 0.368. The van der Waals surface area contributed by atoms with E-state index in [0.29, 0.717) is 13.2 Å². The number of aliphatic hydroxyl groups excluding tert-OH is 2. The quantitative estimate of drug-likeness (QED) is 0.846. The van der Waals surface area contributed by atoms with Crippen LogP contribution in [0.15, 0.2) is 60.7 Å². The highest BCUT2D eigenvalue weighted by molar-refractivity contribution is 5.14. The molecule has 0 bridgehead atoms. The van der Waals surface area contributed by atoms with Crippen LogP contribution >= 0.6 is 0 Å². The summed E-state index contributed by atoms with van der Waals surface area (Å²) in [6.07, 6.45) is -3.38. The zero-order valence-electron chi connectivity index (χ0n) is 13.3. The molecular weight excluding hydrogens is 308 g/mol. The first kappa shape index (κ1) is 17.1. The minimum Gasteiger partial charge on any atom is -0.388 e. The molecule has 2 aromatic carbocycles. The third-order valence-corrected chi connectivity index (χ3v) is 3.99. The smallest absolute Gasteiger partial charge is 0.183 e. The van der Waals surface area contributed by atoms with E-state index in [9.17, 15) is 10.2 Å². The van der Waals surface area contributed by atoms with E-state index in [1.54, 1.807) is 0 Å². The first-order valence-corrected chi connectivity index (χ1v) is 8.03. The van der Waals surface area contributed by atoms with E-state index in [1.165, 1.54) is 0 Å². The minimum atomic E-state index is -1.13. The number of hydrogen-bond acceptors (Lipinski definition) is 5. The highest BCUT2D eigenvalue weighted by atomic mass is 16.7. The predicted octanol–water partition coefficient (Wildman–Crippen LogP) is 1.87. The van der Waals surface area contributed by atoms with Crippen molar-refractivity contribution in [1.82, 2.24) is 0 Å². The second-order valence-electron chi connectivity index (χ2n) is 5.81. The van der Waals surface area contributed by atoms with Gasteiger partial charge in [0.2, 0.25) is 0 Å². The lowest BCUT2D eigenvalue weighted by molar-refractivity contribution is -0.278. The lowest BCUT2D eigenvalue weighted by atomic mass is 10.0. The van der Waals surface area contributed by atoms with Crippen molar-refractivity contribution in [2.24, 2.45) is 0 Å². The van der Waals surface area contributed by atoms with Crippen LogP contribution in [0.3, 0.4) is 0 Å². The topological polar surface area (TPSA) is 68.2 Å². The Bertz CT molecular complexity index is 548. The molecule has 0 amide bonds. The van der Waals surface area contributed by atoms with E-state index in [-0.39, 0.29) is 6.61 Å². The molecule has 24 heavy (non-hydrogen) atoms. The molecule has 0 aliphatic carbocycles. The maximum absolute atomic E-state index is 10.2. The Morgan fingerprint density at radius 1 is 0.792 bits per heavy atom. The fourth-order valence-electron chi connectivity index (χ4n) is 2.68. The molecule has 1 fully saturated rings. The van der Waals surface area contributed by atoms with Crippen LogP contribution in [0.5, 0.6) is 0 Å². The Hall–Kier alpha value is -1.76. The van der Waals surface area contributed by atoms with Crippen molar-refractivity contribution >= 4 is 0 Å². The van der Waals surface area contributed by atoms with Crippen molar-refractivity contribution in [2.45, 2.75) is 37.8 Å².